The predicted molar refractivity (Wildman–Crippen MR) is 79.7 cm³/mol. The van der Waals surface area contributed by atoms with Crippen molar-refractivity contribution in [1.82, 2.24) is 9.78 Å². The van der Waals surface area contributed by atoms with Gasteiger partial charge in [-0.3, -0.25) is 0 Å². The van der Waals surface area contributed by atoms with E-state index in [1.165, 1.54) is 16.8 Å². The van der Waals surface area contributed by atoms with Crippen LogP contribution in [0, 0.1) is 32.4 Å². The minimum absolute atomic E-state index is 0.0921. The zero-order valence-corrected chi connectivity index (χ0v) is 12.9. The molecule has 1 unspecified atom stereocenters. The minimum Gasteiger partial charge on any atom is -0.327 e. The molecule has 0 spiro atoms. The van der Waals surface area contributed by atoms with E-state index in [-0.39, 0.29) is 11.7 Å². The van der Waals surface area contributed by atoms with Crippen LogP contribution >= 0.6 is 0 Å². The summed E-state index contributed by atoms with van der Waals surface area (Å²) in [5.41, 5.74) is 8.72. The van der Waals surface area contributed by atoms with E-state index < -0.39 is 11.6 Å². The summed E-state index contributed by atoms with van der Waals surface area (Å²) in [6.45, 7) is 7.46. The maximum absolute atomic E-state index is 14.3. The molecule has 5 heteroatoms. The summed E-state index contributed by atoms with van der Waals surface area (Å²) in [6.07, 6.45) is 1.22. The highest BCUT2D eigenvalue weighted by molar-refractivity contribution is 5.41. The van der Waals surface area contributed by atoms with E-state index >= 15 is 0 Å². The maximum atomic E-state index is 14.3. The first-order valence-corrected chi connectivity index (χ1v) is 7.11. The van der Waals surface area contributed by atoms with Crippen molar-refractivity contribution in [2.75, 3.05) is 0 Å². The molecular formula is C16H21F2N3. The van der Waals surface area contributed by atoms with Crippen LogP contribution in [0.2, 0.25) is 0 Å². The topological polar surface area (TPSA) is 43.8 Å². The number of aromatic nitrogens is 2. The van der Waals surface area contributed by atoms with Gasteiger partial charge in [-0.05, 0) is 56.9 Å². The van der Waals surface area contributed by atoms with Crippen molar-refractivity contribution >= 4 is 0 Å². The van der Waals surface area contributed by atoms with E-state index in [9.17, 15) is 8.78 Å². The average molecular weight is 293 g/mol. The molecule has 0 aliphatic heterocycles. The number of halogens is 2. The van der Waals surface area contributed by atoms with Gasteiger partial charge in [-0.2, -0.15) is 5.10 Å². The Morgan fingerprint density at radius 2 is 1.76 bits per heavy atom. The SMILES string of the molecule is CCC(N)Cc1cc(F)c(-n2nc(C)c(C)c2C)c(F)c1. The Hall–Kier alpha value is -1.75. The zero-order chi connectivity index (χ0) is 15.7. The van der Waals surface area contributed by atoms with E-state index in [4.69, 9.17) is 5.73 Å². The molecule has 3 nitrogen and oxygen atoms in total. The molecule has 0 amide bonds. The molecule has 2 rings (SSSR count). The first-order valence-electron chi connectivity index (χ1n) is 7.11. The van der Waals surface area contributed by atoms with Crippen LogP contribution in [0.5, 0.6) is 0 Å². The normalized spacial score (nSPS) is 12.7. The van der Waals surface area contributed by atoms with Crippen molar-refractivity contribution in [2.24, 2.45) is 5.73 Å². The number of nitrogens with zero attached hydrogens (tertiary/aromatic N) is 2. The minimum atomic E-state index is -0.612. The Kier molecular flexibility index (Phi) is 4.42. The molecule has 0 fully saturated rings. The van der Waals surface area contributed by atoms with Gasteiger partial charge < -0.3 is 5.73 Å². The van der Waals surface area contributed by atoms with Gasteiger partial charge in [-0.15, -0.1) is 0 Å². The lowest BCUT2D eigenvalue weighted by molar-refractivity contribution is 0.549. The Morgan fingerprint density at radius 3 is 2.19 bits per heavy atom. The molecule has 0 saturated carbocycles. The van der Waals surface area contributed by atoms with Gasteiger partial charge in [-0.1, -0.05) is 6.92 Å². The van der Waals surface area contributed by atoms with Gasteiger partial charge in [0.05, 0.1) is 5.69 Å². The zero-order valence-electron chi connectivity index (χ0n) is 12.9. The molecule has 0 saturated heterocycles. The third kappa shape index (κ3) is 2.97. The van der Waals surface area contributed by atoms with Crippen molar-refractivity contribution in [2.45, 2.75) is 46.6 Å². The molecule has 0 radical (unpaired) electrons. The summed E-state index contributed by atoms with van der Waals surface area (Å²) in [4.78, 5) is 0. The highest BCUT2D eigenvalue weighted by Gasteiger charge is 2.18. The molecule has 2 aromatic rings. The monoisotopic (exact) mass is 293 g/mol. The van der Waals surface area contributed by atoms with E-state index in [1.807, 2.05) is 20.8 Å². The lowest BCUT2D eigenvalue weighted by Gasteiger charge is -2.12. The van der Waals surface area contributed by atoms with Crippen molar-refractivity contribution in [1.29, 1.82) is 0 Å². The van der Waals surface area contributed by atoms with Gasteiger partial charge in [0.2, 0.25) is 0 Å². The molecule has 114 valence electrons. The molecule has 1 heterocycles. The first kappa shape index (κ1) is 15.6. The van der Waals surface area contributed by atoms with Gasteiger partial charge in [0, 0.05) is 11.7 Å². The van der Waals surface area contributed by atoms with Crippen LogP contribution in [-0.4, -0.2) is 15.8 Å². The highest BCUT2D eigenvalue weighted by atomic mass is 19.1. The molecule has 0 aliphatic rings. The number of nitrogens with two attached hydrogens (primary N) is 1. The second-order valence-corrected chi connectivity index (χ2v) is 5.49. The quantitative estimate of drug-likeness (QED) is 0.939. The first-order chi connectivity index (χ1) is 9.85. The molecule has 2 N–H and O–H groups in total. The molecule has 21 heavy (non-hydrogen) atoms. The lowest BCUT2D eigenvalue weighted by atomic mass is 10.0. The van der Waals surface area contributed by atoms with Crippen LogP contribution in [0.3, 0.4) is 0 Å². The van der Waals surface area contributed by atoms with Crippen LogP contribution in [0.25, 0.3) is 5.69 Å². The van der Waals surface area contributed by atoms with Crippen molar-refractivity contribution in [3.63, 3.8) is 0 Å². The largest absolute Gasteiger partial charge is 0.327 e. The van der Waals surface area contributed by atoms with E-state index in [0.29, 0.717) is 12.0 Å². The number of benzene rings is 1. The summed E-state index contributed by atoms with van der Waals surface area (Å²) in [6, 6.07) is 2.60. The summed E-state index contributed by atoms with van der Waals surface area (Å²) in [7, 11) is 0. The summed E-state index contributed by atoms with van der Waals surface area (Å²) >= 11 is 0. The second kappa shape index (κ2) is 5.93. The maximum Gasteiger partial charge on any atom is 0.152 e. The van der Waals surface area contributed by atoms with Gasteiger partial charge in [0.15, 0.2) is 11.6 Å². The lowest BCUT2D eigenvalue weighted by Crippen LogP contribution is -2.21. The van der Waals surface area contributed by atoms with Gasteiger partial charge in [-0.25, -0.2) is 13.5 Å². The Balaban J connectivity index is 2.48. The third-order valence-corrected chi connectivity index (χ3v) is 3.96. The van der Waals surface area contributed by atoms with Crippen LogP contribution in [0.4, 0.5) is 8.78 Å². The van der Waals surface area contributed by atoms with Crippen molar-refractivity contribution < 1.29 is 8.78 Å². The van der Waals surface area contributed by atoms with Crippen LogP contribution < -0.4 is 5.73 Å². The molecular weight excluding hydrogens is 272 g/mol. The Labute approximate surface area is 123 Å². The Morgan fingerprint density at radius 1 is 1.19 bits per heavy atom. The number of aryl methyl sites for hydroxylation is 1. The molecule has 0 aliphatic carbocycles. The average Bonchev–Trinajstić information content (AvgIpc) is 2.66. The third-order valence-electron chi connectivity index (χ3n) is 3.96. The fourth-order valence-electron chi connectivity index (χ4n) is 2.32. The molecule has 1 atom stereocenters. The van der Waals surface area contributed by atoms with E-state index in [0.717, 1.165) is 23.4 Å². The Bertz CT molecular complexity index is 639. The molecule has 1 aromatic heterocycles. The number of hydrogen-bond acceptors (Lipinski definition) is 2. The predicted octanol–water partition coefficient (Wildman–Crippen LogP) is 3.36. The molecule has 1 aromatic carbocycles. The van der Waals surface area contributed by atoms with Gasteiger partial charge in [0.25, 0.3) is 0 Å². The van der Waals surface area contributed by atoms with Crippen molar-refractivity contribution in [3.8, 4) is 5.69 Å². The fourth-order valence-corrected chi connectivity index (χ4v) is 2.32. The van der Waals surface area contributed by atoms with Crippen molar-refractivity contribution in [3.05, 3.63) is 46.3 Å². The highest BCUT2D eigenvalue weighted by Crippen LogP contribution is 2.24. The van der Waals surface area contributed by atoms with Crippen LogP contribution in [0.15, 0.2) is 12.1 Å². The summed E-state index contributed by atoms with van der Waals surface area (Å²) in [5.74, 6) is -1.22. The smallest absolute Gasteiger partial charge is 0.152 e. The van der Waals surface area contributed by atoms with E-state index in [2.05, 4.69) is 5.10 Å². The van der Waals surface area contributed by atoms with Crippen LogP contribution in [-0.2, 0) is 6.42 Å². The molecule has 0 bridgehead atoms. The standard InChI is InChI=1S/C16H21F2N3/c1-5-13(19)6-12-7-14(17)16(15(18)8-12)21-11(4)9(2)10(3)20-21/h7-8,13H,5-6,19H2,1-4H3. The van der Waals surface area contributed by atoms with E-state index in [1.54, 1.807) is 6.92 Å². The van der Waals surface area contributed by atoms with Crippen LogP contribution in [0.1, 0.15) is 35.9 Å². The summed E-state index contributed by atoms with van der Waals surface area (Å²) < 4.78 is 30.0. The van der Waals surface area contributed by atoms with Gasteiger partial charge in [0.1, 0.15) is 5.69 Å². The number of rotatable bonds is 4. The van der Waals surface area contributed by atoms with Gasteiger partial charge >= 0.3 is 0 Å². The number of hydrogen-bond donors (Lipinski definition) is 1. The fraction of sp³-hybridized carbons (Fsp3) is 0.438. The second-order valence-electron chi connectivity index (χ2n) is 5.49. The summed E-state index contributed by atoms with van der Waals surface area (Å²) in [5, 5.41) is 4.22.